The van der Waals surface area contributed by atoms with Gasteiger partial charge >= 0.3 is 6.18 Å². The van der Waals surface area contributed by atoms with Crippen LogP contribution in [-0.4, -0.2) is 5.11 Å². The van der Waals surface area contributed by atoms with Gasteiger partial charge in [-0.1, -0.05) is 12.1 Å². The number of hydrogen-bond acceptors (Lipinski definition) is 2. The van der Waals surface area contributed by atoms with E-state index in [4.69, 9.17) is 18.0 Å². The van der Waals surface area contributed by atoms with Crippen molar-refractivity contribution in [1.29, 1.82) is 0 Å². The molecule has 2 rings (SSSR count). The molecular formula is C16H15F4N3S. The molecule has 0 spiro atoms. The maximum atomic E-state index is 12.9. The summed E-state index contributed by atoms with van der Waals surface area (Å²) in [6.07, 6.45) is -4.54. The third kappa shape index (κ3) is 4.58. The lowest BCUT2D eigenvalue weighted by atomic mass is 10.1. The number of benzene rings is 2. The van der Waals surface area contributed by atoms with Gasteiger partial charge in [0.05, 0.1) is 11.6 Å². The summed E-state index contributed by atoms with van der Waals surface area (Å²) in [5.74, 6) is -0.354. The Bertz CT molecular complexity index is 729. The van der Waals surface area contributed by atoms with Crippen LogP contribution in [-0.2, 0) is 6.18 Å². The van der Waals surface area contributed by atoms with Crippen molar-refractivity contribution in [1.82, 2.24) is 5.32 Å². The topological polar surface area (TPSA) is 50.1 Å². The van der Waals surface area contributed by atoms with Crippen LogP contribution < -0.4 is 16.4 Å². The zero-order valence-corrected chi connectivity index (χ0v) is 13.4. The molecule has 0 aromatic heterocycles. The second-order valence-corrected chi connectivity index (χ2v) is 5.58. The molecule has 0 amide bonds. The largest absolute Gasteiger partial charge is 0.418 e. The van der Waals surface area contributed by atoms with Crippen molar-refractivity contribution in [3.8, 4) is 0 Å². The van der Waals surface area contributed by atoms with E-state index in [0.717, 1.165) is 17.7 Å². The number of nitrogens with two attached hydrogens (primary N) is 1. The first kappa shape index (κ1) is 18.0. The van der Waals surface area contributed by atoms with Gasteiger partial charge in [0.15, 0.2) is 5.11 Å². The molecule has 8 heteroatoms. The van der Waals surface area contributed by atoms with E-state index < -0.39 is 11.7 Å². The molecule has 3 nitrogen and oxygen atoms in total. The molecule has 0 heterocycles. The molecule has 4 N–H and O–H groups in total. The van der Waals surface area contributed by atoms with Crippen LogP contribution in [0.1, 0.15) is 24.1 Å². The second-order valence-electron chi connectivity index (χ2n) is 5.17. The Hall–Kier alpha value is -2.35. The molecule has 0 aliphatic rings. The molecule has 0 aliphatic carbocycles. The Morgan fingerprint density at radius 1 is 1.12 bits per heavy atom. The lowest BCUT2D eigenvalue weighted by Gasteiger charge is -2.18. The van der Waals surface area contributed by atoms with E-state index in [2.05, 4.69) is 10.6 Å². The standard InChI is InChI=1S/C16H15F4N3S/c1-9(10-2-4-11(17)5-3-10)22-15(24)23-12-6-7-14(21)13(8-12)16(18,19)20/h2-9H,21H2,1H3,(H2,22,23,24). The van der Waals surface area contributed by atoms with Gasteiger partial charge in [-0.05, 0) is 55.0 Å². The quantitative estimate of drug-likeness (QED) is 0.431. The Morgan fingerprint density at radius 3 is 2.33 bits per heavy atom. The van der Waals surface area contributed by atoms with Crippen LogP contribution in [0.5, 0.6) is 0 Å². The Morgan fingerprint density at radius 2 is 1.75 bits per heavy atom. The number of rotatable bonds is 3. The first-order chi connectivity index (χ1) is 11.2. The van der Waals surface area contributed by atoms with Gasteiger partial charge in [-0.2, -0.15) is 13.2 Å². The van der Waals surface area contributed by atoms with Crippen LogP contribution in [0.2, 0.25) is 0 Å². The fraction of sp³-hybridized carbons (Fsp3) is 0.188. The number of anilines is 2. The predicted molar refractivity (Wildman–Crippen MR) is 90.0 cm³/mol. The molecular weight excluding hydrogens is 342 g/mol. The molecule has 0 saturated heterocycles. The molecule has 2 aromatic rings. The van der Waals surface area contributed by atoms with E-state index in [-0.39, 0.29) is 28.3 Å². The van der Waals surface area contributed by atoms with Crippen molar-refractivity contribution >= 4 is 28.7 Å². The lowest BCUT2D eigenvalue weighted by Crippen LogP contribution is -2.31. The zero-order chi connectivity index (χ0) is 17.9. The number of halogens is 4. The lowest BCUT2D eigenvalue weighted by molar-refractivity contribution is -0.136. The van der Waals surface area contributed by atoms with Crippen molar-refractivity contribution < 1.29 is 17.6 Å². The Balaban J connectivity index is 2.06. The van der Waals surface area contributed by atoms with Gasteiger partial charge in [-0.3, -0.25) is 0 Å². The number of hydrogen-bond donors (Lipinski definition) is 3. The summed E-state index contributed by atoms with van der Waals surface area (Å²) in [6, 6.07) is 9.05. The van der Waals surface area contributed by atoms with E-state index in [1.54, 1.807) is 19.1 Å². The van der Waals surface area contributed by atoms with Gasteiger partial charge in [0.25, 0.3) is 0 Å². The molecule has 0 bridgehead atoms. The first-order valence-corrected chi connectivity index (χ1v) is 7.37. The van der Waals surface area contributed by atoms with Gasteiger partial charge in [0.1, 0.15) is 5.82 Å². The number of nitrogens with one attached hydrogen (secondary N) is 2. The monoisotopic (exact) mass is 357 g/mol. The molecule has 2 aromatic carbocycles. The first-order valence-electron chi connectivity index (χ1n) is 6.96. The van der Waals surface area contributed by atoms with Crippen LogP contribution in [0.15, 0.2) is 42.5 Å². The Kier molecular flexibility index (Phi) is 5.28. The van der Waals surface area contributed by atoms with Gasteiger partial charge in [-0.15, -0.1) is 0 Å². The Labute approximate surface area is 141 Å². The highest BCUT2D eigenvalue weighted by molar-refractivity contribution is 7.80. The highest BCUT2D eigenvalue weighted by atomic mass is 32.1. The average molecular weight is 357 g/mol. The number of thiocarbonyl (C=S) groups is 1. The van der Waals surface area contributed by atoms with Crippen molar-refractivity contribution in [2.24, 2.45) is 0 Å². The van der Waals surface area contributed by atoms with Crippen LogP contribution >= 0.6 is 12.2 Å². The molecule has 0 radical (unpaired) electrons. The maximum absolute atomic E-state index is 12.9. The summed E-state index contributed by atoms with van der Waals surface area (Å²) in [5, 5.41) is 5.75. The van der Waals surface area contributed by atoms with Crippen molar-refractivity contribution in [3.05, 3.63) is 59.4 Å². The van der Waals surface area contributed by atoms with Crippen LogP contribution in [0.3, 0.4) is 0 Å². The van der Waals surface area contributed by atoms with E-state index in [1.807, 2.05) is 0 Å². The predicted octanol–water partition coefficient (Wildman–Crippen LogP) is 4.47. The van der Waals surface area contributed by atoms with E-state index in [1.165, 1.54) is 18.2 Å². The zero-order valence-electron chi connectivity index (χ0n) is 12.6. The maximum Gasteiger partial charge on any atom is 0.418 e. The molecule has 24 heavy (non-hydrogen) atoms. The molecule has 0 aliphatic heterocycles. The average Bonchev–Trinajstić information content (AvgIpc) is 2.48. The van der Waals surface area contributed by atoms with Gasteiger partial charge in [0.2, 0.25) is 0 Å². The number of alkyl halides is 3. The normalized spacial score (nSPS) is 12.5. The van der Waals surface area contributed by atoms with Crippen molar-refractivity contribution in [2.45, 2.75) is 19.1 Å². The summed E-state index contributed by atoms with van der Waals surface area (Å²) in [5.41, 5.74) is 5.02. The molecule has 1 unspecified atom stereocenters. The van der Waals surface area contributed by atoms with E-state index >= 15 is 0 Å². The minimum absolute atomic E-state index is 0.143. The molecule has 0 fully saturated rings. The SMILES string of the molecule is CC(NC(=S)Nc1ccc(N)c(C(F)(F)F)c1)c1ccc(F)cc1. The van der Waals surface area contributed by atoms with Gasteiger partial charge in [-0.25, -0.2) is 4.39 Å². The van der Waals surface area contributed by atoms with Crippen LogP contribution in [0.4, 0.5) is 28.9 Å². The fourth-order valence-electron chi connectivity index (χ4n) is 2.08. The minimum Gasteiger partial charge on any atom is -0.398 e. The molecule has 128 valence electrons. The molecule has 0 saturated carbocycles. The van der Waals surface area contributed by atoms with Gasteiger partial charge in [0, 0.05) is 11.4 Å². The minimum atomic E-state index is -4.54. The number of nitrogen functional groups attached to an aromatic ring is 1. The van der Waals surface area contributed by atoms with E-state index in [9.17, 15) is 17.6 Å². The van der Waals surface area contributed by atoms with Gasteiger partial charge < -0.3 is 16.4 Å². The fourth-order valence-corrected chi connectivity index (χ4v) is 2.37. The summed E-state index contributed by atoms with van der Waals surface area (Å²) >= 11 is 5.10. The van der Waals surface area contributed by atoms with Crippen LogP contribution in [0, 0.1) is 5.82 Å². The summed E-state index contributed by atoms with van der Waals surface area (Å²) in [4.78, 5) is 0. The second kappa shape index (κ2) is 7.04. The van der Waals surface area contributed by atoms with E-state index in [0.29, 0.717) is 0 Å². The summed E-state index contributed by atoms with van der Waals surface area (Å²) in [6.45, 7) is 1.80. The highest BCUT2D eigenvalue weighted by Gasteiger charge is 2.33. The van der Waals surface area contributed by atoms with Crippen molar-refractivity contribution in [3.63, 3.8) is 0 Å². The summed E-state index contributed by atoms with van der Waals surface area (Å²) < 4.78 is 51.4. The smallest absolute Gasteiger partial charge is 0.398 e. The summed E-state index contributed by atoms with van der Waals surface area (Å²) in [7, 11) is 0. The van der Waals surface area contributed by atoms with Crippen LogP contribution in [0.25, 0.3) is 0 Å². The highest BCUT2D eigenvalue weighted by Crippen LogP contribution is 2.35. The third-order valence-corrected chi connectivity index (χ3v) is 3.55. The van der Waals surface area contributed by atoms with Crippen molar-refractivity contribution in [2.75, 3.05) is 11.1 Å². The molecule has 1 atom stereocenters. The third-order valence-electron chi connectivity index (χ3n) is 3.33.